The average molecular weight is 584 g/mol. The molecule has 1 aliphatic heterocycles. The molecule has 0 saturated heterocycles. The third-order valence-corrected chi connectivity index (χ3v) is 8.06. The minimum absolute atomic E-state index is 0.0720. The van der Waals surface area contributed by atoms with Gasteiger partial charge in [0.1, 0.15) is 5.75 Å². The fourth-order valence-corrected chi connectivity index (χ4v) is 5.89. The normalized spacial score (nSPS) is 18.0. The number of Topliss-reactive ketones (excluding diaryl/α,β-unsaturated/α-hetero) is 1. The Kier molecular flexibility index (Phi) is 8.20. The Labute approximate surface area is 249 Å². The number of nitro groups is 1. The van der Waals surface area contributed by atoms with Gasteiger partial charge in [0.05, 0.1) is 26.3 Å². The highest BCUT2D eigenvalue weighted by molar-refractivity contribution is 6.10. The third-order valence-electron chi connectivity index (χ3n) is 8.06. The first-order valence-corrected chi connectivity index (χ1v) is 13.8. The zero-order chi connectivity index (χ0) is 30.8. The first-order chi connectivity index (χ1) is 20.6. The van der Waals surface area contributed by atoms with Gasteiger partial charge in [0.15, 0.2) is 17.3 Å². The lowest BCUT2D eigenvalue weighted by Crippen LogP contribution is -2.37. The largest absolute Gasteiger partial charge is 0.497 e. The molecular weight excluding hydrogens is 550 g/mol. The second-order valence-corrected chi connectivity index (χ2v) is 10.6. The van der Waals surface area contributed by atoms with Crippen molar-refractivity contribution in [1.29, 1.82) is 0 Å². The lowest BCUT2D eigenvalue weighted by atomic mass is 9.71. The van der Waals surface area contributed by atoms with Crippen LogP contribution in [0.15, 0.2) is 83.2 Å². The quantitative estimate of drug-likeness (QED) is 0.247. The zero-order valence-corrected chi connectivity index (χ0v) is 24.6. The Morgan fingerprint density at radius 1 is 0.907 bits per heavy atom. The van der Waals surface area contributed by atoms with Crippen molar-refractivity contribution in [3.8, 4) is 17.2 Å². The Bertz CT molecular complexity index is 1670. The number of amides is 1. The van der Waals surface area contributed by atoms with Crippen molar-refractivity contribution >= 4 is 23.1 Å². The first kappa shape index (κ1) is 29.4. The van der Waals surface area contributed by atoms with Crippen LogP contribution >= 0.6 is 0 Å². The molecule has 1 amide bonds. The van der Waals surface area contributed by atoms with Crippen molar-refractivity contribution in [2.75, 3.05) is 26.6 Å². The predicted molar refractivity (Wildman–Crippen MR) is 162 cm³/mol. The molecule has 0 bridgehead atoms. The number of carbonyl (C=O) groups excluding carboxylic acids is 2. The van der Waals surface area contributed by atoms with Crippen LogP contribution in [0, 0.1) is 17.0 Å². The number of anilines is 1. The van der Waals surface area contributed by atoms with Crippen LogP contribution < -0.4 is 24.8 Å². The maximum atomic E-state index is 14.0. The van der Waals surface area contributed by atoms with Gasteiger partial charge in [-0.2, -0.15) is 0 Å². The number of nitrogens with one attached hydrogen (secondary N) is 2. The predicted octanol–water partition coefficient (Wildman–Crippen LogP) is 5.93. The molecule has 10 heteroatoms. The smallest absolute Gasteiger partial charge is 0.272 e. The van der Waals surface area contributed by atoms with Crippen molar-refractivity contribution in [1.82, 2.24) is 5.32 Å². The Morgan fingerprint density at radius 2 is 1.60 bits per heavy atom. The molecule has 0 aromatic heterocycles. The molecule has 5 rings (SSSR count). The Hall–Kier alpha value is -5.12. The van der Waals surface area contributed by atoms with Crippen molar-refractivity contribution in [3.05, 3.63) is 110 Å². The number of allylic oxidation sites excluding steroid dienone is 3. The van der Waals surface area contributed by atoms with Gasteiger partial charge in [0.2, 0.25) is 0 Å². The SMILES string of the molecule is COc1ccc(NC(=O)C2=C(C)NC3=C(C(=O)C[C@H](c4ccc(OC)c(OC)c4)C3)[C@@H]2c2ccc(C)c([N+](=O)[O-])c2)cc1. The summed E-state index contributed by atoms with van der Waals surface area (Å²) in [6, 6.07) is 17.4. The number of nitrogens with zero attached hydrogens (tertiary/aromatic N) is 1. The summed E-state index contributed by atoms with van der Waals surface area (Å²) in [7, 11) is 4.69. The van der Waals surface area contributed by atoms with Crippen molar-refractivity contribution in [2.24, 2.45) is 0 Å². The van der Waals surface area contributed by atoms with Crippen molar-refractivity contribution < 1.29 is 28.7 Å². The van der Waals surface area contributed by atoms with Crippen LogP contribution in [0.1, 0.15) is 48.3 Å². The Morgan fingerprint density at radius 3 is 2.26 bits per heavy atom. The van der Waals surface area contributed by atoms with E-state index in [1.807, 2.05) is 18.2 Å². The molecule has 2 aliphatic rings. The summed E-state index contributed by atoms with van der Waals surface area (Å²) in [5.74, 6) is 0.318. The van der Waals surface area contributed by atoms with Crippen LogP contribution in [0.25, 0.3) is 0 Å². The molecule has 0 spiro atoms. The summed E-state index contributed by atoms with van der Waals surface area (Å²) < 4.78 is 16.1. The van der Waals surface area contributed by atoms with E-state index in [9.17, 15) is 19.7 Å². The van der Waals surface area contributed by atoms with Gasteiger partial charge in [-0.3, -0.25) is 19.7 Å². The number of hydrogen-bond donors (Lipinski definition) is 2. The van der Waals surface area contributed by atoms with Crippen LogP contribution in [0.2, 0.25) is 0 Å². The van der Waals surface area contributed by atoms with Gasteiger partial charge in [0.25, 0.3) is 11.6 Å². The van der Waals surface area contributed by atoms with E-state index in [0.29, 0.717) is 63.0 Å². The molecule has 0 fully saturated rings. The van der Waals surface area contributed by atoms with Gasteiger partial charge in [-0.05, 0) is 73.7 Å². The van der Waals surface area contributed by atoms with Crippen LogP contribution in [0.5, 0.6) is 17.2 Å². The number of dihydropyridines is 1. The molecule has 1 aliphatic carbocycles. The minimum atomic E-state index is -0.798. The van der Waals surface area contributed by atoms with E-state index in [-0.39, 0.29) is 23.8 Å². The highest BCUT2D eigenvalue weighted by atomic mass is 16.6. The van der Waals surface area contributed by atoms with E-state index in [1.165, 1.54) is 6.07 Å². The molecular formula is C33H33N3O7. The maximum Gasteiger partial charge on any atom is 0.272 e. The molecule has 1 heterocycles. The highest BCUT2D eigenvalue weighted by Gasteiger charge is 2.41. The van der Waals surface area contributed by atoms with Crippen molar-refractivity contribution in [3.63, 3.8) is 0 Å². The van der Waals surface area contributed by atoms with Gasteiger partial charge < -0.3 is 24.8 Å². The zero-order valence-electron chi connectivity index (χ0n) is 24.6. The monoisotopic (exact) mass is 583 g/mol. The number of ether oxygens (including phenoxy) is 3. The number of rotatable bonds is 8. The van der Waals surface area contributed by atoms with Crippen molar-refractivity contribution in [2.45, 2.75) is 38.5 Å². The lowest BCUT2D eigenvalue weighted by molar-refractivity contribution is -0.385. The number of ketones is 1. The van der Waals surface area contributed by atoms with Crippen LogP contribution in [0.4, 0.5) is 11.4 Å². The molecule has 0 unspecified atom stereocenters. The van der Waals surface area contributed by atoms with Gasteiger partial charge in [0, 0.05) is 52.2 Å². The number of nitro benzene ring substituents is 1. The second kappa shape index (κ2) is 12.0. The van der Waals surface area contributed by atoms with E-state index in [4.69, 9.17) is 14.2 Å². The number of methoxy groups -OCH3 is 3. The molecule has 2 atom stereocenters. The van der Waals surface area contributed by atoms with Crippen LogP contribution in [-0.4, -0.2) is 37.9 Å². The summed E-state index contributed by atoms with van der Waals surface area (Å²) in [4.78, 5) is 39.3. The molecule has 222 valence electrons. The molecule has 2 N–H and O–H groups in total. The van der Waals surface area contributed by atoms with Gasteiger partial charge >= 0.3 is 0 Å². The van der Waals surface area contributed by atoms with E-state index < -0.39 is 16.7 Å². The molecule has 3 aromatic carbocycles. The van der Waals surface area contributed by atoms with Gasteiger partial charge in [-0.25, -0.2) is 0 Å². The van der Waals surface area contributed by atoms with Gasteiger partial charge in [-0.15, -0.1) is 0 Å². The van der Waals surface area contributed by atoms with Crippen LogP contribution in [-0.2, 0) is 9.59 Å². The highest BCUT2D eigenvalue weighted by Crippen LogP contribution is 2.47. The fourth-order valence-electron chi connectivity index (χ4n) is 5.89. The number of carbonyl (C=O) groups is 2. The topological polar surface area (TPSA) is 129 Å². The summed E-state index contributed by atoms with van der Waals surface area (Å²) in [6.07, 6.45) is 0.707. The minimum Gasteiger partial charge on any atom is -0.497 e. The van der Waals surface area contributed by atoms with E-state index in [1.54, 1.807) is 71.6 Å². The molecule has 10 nitrogen and oxygen atoms in total. The molecule has 0 saturated carbocycles. The summed E-state index contributed by atoms with van der Waals surface area (Å²) >= 11 is 0. The standard InChI is InChI=1S/C33H33N3O7/c1-18-6-7-21(15-26(18)36(39)40)31-30(33(38)35-23-9-11-24(41-3)12-10-23)19(2)34-25-14-22(16-27(37)32(25)31)20-8-13-28(42-4)29(17-20)43-5/h6-13,15,17,22,31,34H,14,16H2,1-5H3,(H,35,38)/t22-,31-/m1/s1. The number of benzene rings is 3. The third kappa shape index (κ3) is 5.68. The Balaban J connectivity index is 1.58. The van der Waals surface area contributed by atoms with Crippen LogP contribution in [0.3, 0.4) is 0 Å². The van der Waals surface area contributed by atoms with Gasteiger partial charge in [-0.1, -0.05) is 18.2 Å². The molecule has 43 heavy (non-hydrogen) atoms. The van der Waals surface area contributed by atoms with E-state index >= 15 is 0 Å². The van der Waals surface area contributed by atoms with E-state index in [2.05, 4.69) is 10.6 Å². The average Bonchev–Trinajstić information content (AvgIpc) is 3.00. The first-order valence-electron chi connectivity index (χ1n) is 13.8. The molecule has 0 radical (unpaired) electrons. The van der Waals surface area contributed by atoms with E-state index in [0.717, 1.165) is 5.56 Å². The lowest BCUT2D eigenvalue weighted by Gasteiger charge is -2.37. The maximum absolute atomic E-state index is 14.0. The second-order valence-electron chi connectivity index (χ2n) is 10.6. The number of hydrogen-bond acceptors (Lipinski definition) is 8. The summed E-state index contributed by atoms with van der Waals surface area (Å²) in [5, 5.41) is 18.1. The number of aryl methyl sites for hydroxylation is 1. The summed E-state index contributed by atoms with van der Waals surface area (Å²) in [5.41, 5.74) is 4.42. The summed E-state index contributed by atoms with van der Waals surface area (Å²) in [6.45, 7) is 3.44. The fraction of sp³-hybridized carbons (Fsp3) is 0.273. The molecule has 3 aromatic rings.